The van der Waals surface area contributed by atoms with E-state index in [9.17, 15) is 19.2 Å². The Morgan fingerprint density at radius 3 is 1.70 bits per heavy atom. The van der Waals surface area contributed by atoms with Crippen LogP contribution in [0, 0.1) is 17.8 Å². The molecule has 0 saturated carbocycles. The van der Waals surface area contributed by atoms with Gasteiger partial charge in [-0.1, -0.05) is 79.8 Å². The summed E-state index contributed by atoms with van der Waals surface area (Å²) in [5.41, 5.74) is -0.585. The van der Waals surface area contributed by atoms with Crippen molar-refractivity contribution in [1.29, 1.82) is 0 Å². The van der Waals surface area contributed by atoms with E-state index in [1.165, 1.54) is 0 Å². The van der Waals surface area contributed by atoms with Crippen molar-refractivity contribution in [2.45, 2.75) is 168 Å². The lowest BCUT2D eigenvalue weighted by Crippen LogP contribution is -2.34. The third-order valence-electron chi connectivity index (χ3n) is 9.98. The Kier molecular flexibility index (Phi) is 26.1. The number of hydrogen-bond donors (Lipinski definition) is 0. The third kappa shape index (κ3) is 29.1. The summed E-state index contributed by atoms with van der Waals surface area (Å²) in [4.78, 5) is 52.6. The Morgan fingerprint density at radius 1 is 0.730 bits per heavy atom. The molecule has 18 heteroatoms. The number of ether oxygens (including phenoxy) is 6. The maximum Gasteiger partial charge on any atom is 0.309 e. The number of aryl methyl sites for hydroxylation is 1. The van der Waals surface area contributed by atoms with Crippen LogP contribution in [0.5, 0.6) is 0 Å². The fourth-order valence-corrected chi connectivity index (χ4v) is 9.21. The molecule has 0 spiro atoms. The number of rotatable bonds is 34. The van der Waals surface area contributed by atoms with Gasteiger partial charge in [0.05, 0.1) is 43.8 Å². The molecule has 0 aliphatic heterocycles. The highest BCUT2D eigenvalue weighted by atomic mass is 32.2. The molecular formula is C45H80B2N4O10S2. The molecule has 0 bridgehead atoms. The normalized spacial score (nSPS) is 14.6. The lowest BCUT2D eigenvalue weighted by atomic mass is 9.67. The van der Waals surface area contributed by atoms with E-state index in [4.69, 9.17) is 44.1 Å². The predicted molar refractivity (Wildman–Crippen MR) is 254 cm³/mol. The molecule has 14 nitrogen and oxygen atoms in total. The molecule has 1 heterocycles. The van der Waals surface area contributed by atoms with Crippen LogP contribution in [0.2, 0.25) is 5.31 Å². The lowest BCUT2D eigenvalue weighted by molar-refractivity contribution is -0.154. The first-order valence-electron chi connectivity index (χ1n) is 22.3. The SMILES string of the molecule is [B]C(C)(C)CC(C)(C)SCC(C)C(=O)OCCOC(=O)CCN(CCC(=O)OCCOC(=O)C(C)CSC(C)(C)CC(C)C)Cc1cn(CCC([B])(C)OCCC(C)(C)OC)nn1. The van der Waals surface area contributed by atoms with Crippen LogP contribution in [0.3, 0.4) is 0 Å². The van der Waals surface area contributed by atoms with E-state index in [1.807, 2.05) is 53.4 Å². The summed E-state index contributed by atoms with van der Waals surface area (Å²) >= 11 is 3.43. The van der Waals surface area contributed by atoms with Gasteiger partial charge in [0, 0.05) is 72.6 Å². The Labute approximate surface area is 391 Å². The number of thioether (sulfide) groups is 2. The third-order valence-corrected chi connectivity index (χ3v) is 13.2. The number of hydrogen-bond acceptors (Lipinski definition) is 15. The molecule has 4 radical (unpaired) electrons. The van der Waals surface area contributed by atoms with Crippen LogP contribution in [0.25, 0.3) is 0 Å². The van der Waals surface area contributed by atoms with Crippen molar-refractivity contribution in [1.82, 2.24) is 19.9 Å². The first-order valence-corrected chi connectivity index (χ1v) is 24.3. The van der Waals surface area contributed by atoms with Crippen LogP contribution in [-0.4, -0.2) is 145 Å². The van der Waals surface area contributed by atoms with Gasteiger partial charge < -0.3 is 28.4 Å². The summed E-state index contributed by atoms with van der Waals surface area (Å²) in [5.74, 6) is -0.477. The van der Waals surface area contributed by atoms with E-state index in [0.717, 1.165) is 12.8 Å². The highest BCUT2D eigenvalue weighted by Crippen LogP contribution is 2.40. The molecule has 0 aromatic carbocycles. The number of aromatic nitrogens is 3. The molecule has 63 heavy (non-hydrogen) atoms. The molecule has 358 valence electrons. The van der Waals surface area contributed by atoms with Gasteiger partial charge >= 0.3 is 23.9 Å². The van der Waals surface area contributed by atoms with Crippen LogP contribution in [0.15, 0.2) is 6.20 Å². The van der Waals surface area contributed by atoms with E-state index in [2.05, 4.69) is 51.9 Å². The number of nitrogens with zero attached hydrogens (tertiary/aromatic N) is 4. The molecule has 0 saturated heterocycles. The molecule has 0 amide bonds. The maximum absolute atomic E-state index is 12.8. The van der Waals surface area contributed by atoms with Crippen LogP contribution in [-0.2, 0) is 60.7 Å². The smallest absolute Gasteiger partial charge is 0.309 e. The van der Waals surface area contributed by atoms with Crippen molar-refractivity contribution in [2.75, 3.05) is 64.7 Å². The van der Waals surface area contributed by atoms with Crippen molar-refractivity contribution < 1.29 is 47.6 Å². The standard InChI is InChI=1S/C45H80B2N4O10S2/c1-33(2)27-43(9,10)62-30-34(3)39(54)59-25-23-57-37(52)15-19-50(28-36-29-51(49-48-36)21-17-45(13,47)61-22-18-42(7,8)56-14)20-16-38(53)58-24-26-60-40(55)35(4)31-63-44(11,12)32-41(5,6)46/h29,33-35H,15-28,30-32H2,1-14H3. The van der Waals surface area contributed by atoms with Gasteiger partial charge in [-0.2, -0.15) is 23.5 Å². The van der Waals surface area contributed by atoms with Gasteiger partial charge in [-0.05, 0) is 52.4 Å². The molecule has 0 aliphatic carbocycles. The first-order chi connectivity index (χ1) is 29.0. The summed E-state index contributed by atoms with van der Waals surface area (Å²) in [7, 11) is 14.3. The minimum atomic E-state index is -0.891. The second kappa shape index (κ2) is 28.0. The van der Waals surface area contributed by atoms with Gasteiger partial charge in [0.15, 0.2) is 0 Å². The summed E-state index contributed by atoms with van der Waals surface area (Å²) < 4.78 is 34.6. The van der Waals surface area contributed by atoms with Gasteiger partial charge in [-0.15, -0.1) is 5.10 Å². The zero-order chi connectivity index (χ0) is 48.1. The topological polar surface area (TPSA) is 158 Å². The fourth-order valence-electron chi connectivity index (χ4n) is 6.61. The molecule has 1 rings (SSSR count). The second-order valence-corrected chi connectivity index (χ2v) is 23.3. The monoisotopic (exact) mass is 923 g/mol. The van der Waals surface area contributed by atoms with Gasteiger partial charge in [0.25, 0.3) is 0 Å². The van der Waals surface area contributed by atoms with Gasteiger partial charge in [-0.25, -0.2) is 0 Å². The molecule has 0 N–H and O–H groups in total. The van der Waals surface area contributed by atoms with Crippen molar-refractivity contribution in [3.63, 3.8) is 0 Å². The minimum absolute atomic E-state index is 0.0145. The van der Waals surface area contributed by atoms with Crippen molar-refractivity contribution in [3.05, 3.63) is 11.9 Å². The molecule has 3 unspecified atom stereocenters. The van der Waals surface area contributed by atoms with Crippen LogP contribution in [0.4, 0.5) is 0 Å². The van der Waals surface area contributed by atoms with E-state index < -0.39 is 17.4 Å². The van der Waals surface area contributed by atoms with Crippen molar-refractivity contribution >= 4 is 63.1 Å². The Bertz CT molecular complexity index is 1520. The van der Waals surface area contributed by atoms with Crippen molar-refractivity contribution in [2.24, 2.45) is 17.8 Å². The first kappa shape index (κ1) is 58.7. The summed E-state index contributed by atoms with van der Waals surface area (Å²) in [6.07, 6.45) is 4.83. The van der Waals surface area contributed by atoms with Crippen LogP contribution < -0.4 is 0 Å². The lowest BCUT2D eigenvalue weighted by Gasteiger charge is -2.32. The van der Waals surface area contributed by atoms with E-state index in [-0.39, 0.29) is 103 Å². The number of carbonyl (C=O) groups is 4. The number of methoxy groups -OCH3 is 1. The Morgan fingerprint density at radius 2 is 1.22 bits per heavy atom. The van der Waals surface area contributed by atoms with Gasteiger partial charge in [-0.3, -0.25) is 28.8 Å². The maximum atomic E-state index is 12.8. The highest BCUT2D eigenvalue weighted by molar-refractivity contribution is 8.00. The van der Waals surface area contributed by atoms with E-state index in [1.54, 1.807) is 41.5 Å². The minimum Gasteiger partial charge on any atom is -0.462 e. The average molecular weight is 923 g/mol. The van der Waals surface area contributed by atoms with Crippen molar-refractivity contribution in [3.8, 4) is 0 Å². The fraction of sp³-hybridized carbons (Fsp3) is 0.867. The quantitative estimate of drug-likeness (QED) is 0.0295. The highest BCUT2D eigenvalue weighted by Gasteiger charge is 2.28. The van der Waals surface area contributed by atoms with Gasteiger partial charge in [0.1, 0.15) is 34.3 Å². The summed E-state index contributed by atoms with van der Waals surface area (Å²) in [6, 6.07) is 0. The molecule has 3 atom stereocenters. The molecule has 0 fully saturated rings. The molecular weight excluding hydrogens is 842 g/mol. The zero-order valence-electron chi connectivity index (χ0n) is 41.2. The Hall–Kier alpha value is -2.27. The number of esters is 4. The predicted octanol–water partition coefficient (Wildman–Crippen LogP) is 7.24. The zero-order valence-corrected chi connectivity index (χ0v) is 42.8. The average Bonchev–Trinajstić information content (AvgIpc) is 3.62. The van der Waals surface area contributed by atoms with Crippen LogP contribution >= 0.6 is 23.5 Å². The molecule has 0 aliphatic rings. The Balaban J connectivity index is 2.73. The molecule has 1 aromatic heterocycles. The van der Waals surface area contributed by atoms with E-state index in [0.29, 0.717) is 49.1 Å². The van der Waals surface area contributed by atoms with Crippen LogP contribution in [0.1, 0.15) is 134 Å². The summed E-state index contributed by atoms with van der Waals surface area (Å²) in [6.45, 7) is 27.8. The number of carbonyl (C=O) groups excluding carboxylic acids is 4. The largest absolute Gasteiger partial charge is 0.462 e. The summed E-state index contributed by atoms with van der Waals surface area (Å²) in [5, 5.41) is 8.25. The molecule has 1 aromatic rings. The van der Waals surface area contributed by atoms with Gasteiger partial charge in [0.2, 0.25) is 0 Å². The van der Waals surface area contributed by atoms with E-state index >= 15 is 0 Å². The second-order valence-electron chi connectivity index (χ2n) is 19.9.